The molecule has 0 radical (unpaired) electrons. The first-order chi connectivity index (χ1) is 19.1. The quantitative estimate of drug-likeness (QED) is 0.148. The second-order valence-electron chi connectivity index (χ2n) is 8.84. The monoisotopic (exact) mass is 572 g/mol. The topological polar surface area (TPSA) is 238 Å². The van der Waals surface area contributed by atoms with E-state index in [1.165, 1.54) is 29.8 Å². The van der Waals surface area contributed by atoms with Gasteiger partial charge in [0.25, 0.3) is 0 Å². The highest BCUT2D eigenvalue weighted by Gasteiger charge is 2.44. The molecule has 1 saturated heterocycles. The van der Waals surface area contributed by atoms with E-state index in [2.05, 4.69) is 24.7 Å². The number of carbonyl (C=O) groups excluding carboxylic acids is 2. The number of benzene rings is 1. The molecule has 4 aromatic rings. The molecule has 16 nitrogen and oxygen atoms in total. The number of carbonyl (C=O) groups is 2. The van der Waals surface area contributed by atoms with Gasteiger partial charge in [0.2, 0.25) is 5.91 Å². The number of ether oxygens (including phenoxy) is 1. The molecule has 1 aliphatic heterocycles. The summed E-state index contributed by atoms with van der Waals surface area (Å²) in [5, 5.41) is 21.0. The second-order valence-corrected chi connectivity index (χ2v) is 10.3. The van der Waals surface area contributed by atoms with Gasteiger partial charge in [0.15, 0.2) is 35.6 Å². The Labute approximate surface area is 226 Å². The summed E-state index contributed by atoms with van der Waals surface area (Å²) in [5.41, 5.74) is 7.08. The van der Waals surface area contributed by atoms with E-state index < -0.39 is 59.4 Å². The number of hydrogen-bond acceptors (Lipinski definition) is 13. The van der Waals surface area contributed by atoms with Crippen LogP contribution in [0.4, 0.5) is 5.82 Å². The number of imidazole rings is 1. The number of nitrogens with two attached hydrogens (primary N) is 1. The Balaban J connectivity index is 1.15. The van der Waals surface area contributed by atoms with Crippen molar-refractivity contribution < 1.29 is 37.4 Å². The number of nitrogens with one attached hydrogen (secondary N) is 2. The summed E-state index contributed by atoms with van der Waals surface area (Å²) >= 11 is 0. The predicted octanol–water partition coefficient (Wildman–Crippen LogP) is -0.704. The summed E-state index contributed by atoms with van der Waals surface area (Å²) in [6.07, 6.45) is -0.773. The lowest BCUT2D eigenvalue weighted by Gasteiger charge is -2.16. The Bertz CT molecular complexity index is 1640. The molecule has 1 fully saturated rings. The lowest BCUT2D eigenvalue weighted by atomic mass is 9.99. The van der Waals surface area contributed by atoms with Crippen LogP contribution in [0.1, 0.15) is 29.4 Å². The highest BCUT2D eigenvalue weighted by molar-refractivity contribution is 7.88. The first kappa shape index (κ1) is 27.3. The average Bonchev–Trinajstić information content (AvgIpc) is 3.67. The highest BCUT2D eigenvalue weighted by Crippen LogP contribution is 2.31. The fraction of sp³-hybridized carbons (Fsp3) is 0.304. The van der Waals surface area contributed by atoms with E-state index in [0.29, 0.717) is 16.9 Å². The number of nitrogen functional groups attached to an aromatic ring is 1. The number of oxazole rings is 1. The maximum atomic E-state index is 12.7. The Hall–Kier alpha value is -4.29. The van der Waals surface area contributed by atoms with E-state index >= 15 is 0 Å². The maximum absolute atomic E-state index is 12.7. The summed E-state index contributed by atoms with van der Waals surface area (Å²) < 4.78 is 41.1. The van der Waals surface area contributed by atoms with Crippen LogP contribution < -0.4 is 15.2 Å². The van der Waals surface area contributed by atoms with Crippen molar-refractivity contribution in [2.45, 2.75) is 37.4 Å². The Morgan fingerprint density at radius 1 is 1.10 bits per heavy atom. The molecule has 0 bridgehead atoms. The zero-order valence-corrected chi connectivity index (χ0v) is 21.4. The lowest BCUT2D eigenvalue weighted by molar-refractivity contribution is -0.119. The van der Waals surface area contributed by atoms with Gasteiger partial charge < -0.3 is 25.1 Å². The molecule has 1 unspecified atom stereocenters. The van der Waals surface area contributed by atoms with Crippen LogP contribution in [0, 0.1) is 0 Å². The molecule has 1 aromatic carbocycles. The number of aliphatic hydroxyl groups is 2. The molecule has 3 aromatic heterocycles. The zero-order valence-electron chi connectivity index (χ0n) is 20.6. The van der Waals surface area contributed by atoms with Crippen LogP contribution in [0.15, 0.2) is 53.9 Å². The normalized spacial score (nSPS) is 21.1. The number of aliphatic hydroxyl groups excluding tert-OH is 2. The van der Waals surface area contributed by atoms with Gasteiger partial charge in [-0.05, 0) is 0 Å². The molecule has 0 aliphatic carbocycles. The van der Waals surface area contributed by atoms with Gasteiger partial charge in [-0.3, -0.25) is 14.2 Å². The fourth-order valence-corrected chi connectivity index (χ4v) is 5.12. The van der Waals surface area contributed by atoms with Gasteiger partial charge in [-0.25, -0.2) is 24.7 Å². The summed E-state index contributed by atoms with van der Waals surface area (Å²) in [6.45, 7) is -0.482. The van der Waals surface area contributed by atoms with Crippen LogP contribution in [0.5, 0.6) is 0 Å². The maximum Gasteiger partial charge on any atom is 0.301 e. The molecule has 17 heteroatoms. The Morgan fingerprint density at radius 2 is 1.90 bits per heavy atom. The van der Waals surface area contributed by atoms with Crippen molar-refractivity contribution in [3.05, 3.63) is 55.1 Å². The van der Waals surface area contributed by atoms with Crippen LogP contribution in [0.2, 0.25) is 0 Å². The Morgan fingerprint density at radius 3 is 2.67 bits per heavy atom. The number of amides is 1. The molecule has 0 saturated carbocycles. The lowest BCUT2D eigenvalue weighted by Crippen LogP contribution is -2.45. The molecule has 5 rings (SSSR count). The van der Waals surface area contributed by atoms with E-state index in [-0.39, 0.29) is 23.4 Å². The van der Waals surface area contributed by atoms with E-state index in [9.17, 15) is 28.2 Å². The molecule has 6 N–H and O–H groups in total. The smallest absolute Gasteiger partial charge is 0.301 e. The summed E-state index contributed by atoms with van der Waals surface area (Å²) in [5.74, 6) is -0.833. The summed E-state index contributed by atoms with van der Waals surface area (Å²) in [4.78, 5) is 40.9. The van der Waals surface area contributed by atoms with Gasteiger partial charge in [0, 0.05) is 30.5 Å². The van der Waals surface area contributed by atoms with Crippen LogP contribution in [0.25, 0.3) is 22.5 Å². The third-order valence-corrected chi connectivity index (χ3v) is 7.27. The van der Waals surface area contributed by atoms with Crippen molar-refractivity contribution in [2.24, 2.45) is 0 Å². The van der Waals surface area contributed by atoms with Crippen molar-refractivity contribution in [1.82, 2.24) is 33.9 Å². The van der Waals surface area contributed by atoms with Crippen molar-refractivity contribution in [3.8, 4) is 11.3 Å². The zero-order chi connectivity index (χ0) is 28.4. The average molecular weight is 573 g/mol. The minimum absolute atomic E-state index is 0.109. The summed E-state index contributed by atoms with van der Waals surface area (Å²) in [7, 11) is -4.39. The third-order valence-electron chi connectivity index (χ3n) is 6.23. The van der Waals surface area contributed by atoms with E-state index in [4.69, 9.17) is 14.9 Å². The van der Waals surface area contributed by atoms with Crippen LogP contribution in [-0.2, 0) is 19.7 Å². The molecule has 1 aliphatic rings. The van der Waals surface area contributed by atoms with E-state index in [1.807, 2.05) is 4.72 Å². The molecule has 4 heterocycles. The molecule has 1 amide bonds. The minimum atomic E-state index is -4.39. The van der Waals surface area contributed by atoms with E-state index in [1.54, 1.807) is 24.3 Å². The molecule has 40 heavy (non-hydrogen) atoms. The van der Waals surface area contributed by atoms with Gasteiger partial charge in [0.1, 0.15) is 30.2 Å². The Kier molecular flexibility index (Phi) is 7.55. The highest BCUT2D eigenvalue weighted by atomic mass is 32.2. The number of aromatic nitrogens is 5. The molecule has 4 atom stereocenters. The number of hydrogen-bond donors (Lipinski definition) is 5. The number of anilines is 1. The number of rotatable bonds is 10. The van der Waals surface area contributed by atoms with Gasteiger partial charge in [-0.2, -0.15) is 13.1 Å². The second kappa shape index (κ2) is 11.1. The van der Waals surface area contributed by atoms with Crippen molar-refractivity contribution >= 4 is 38.9 Å². The van der Waals surface area contributed by atoms with Gasteiger partial charge in [-0.15, -0.1) is 0 Å². The van der Waals surface area contributed by atoms with Gasteiger partial charge >= 0.3 is 10.2 Å². The van der Waals surface area contributed by atoms with Crippen molar-refractivity contribution in [3.63, 3.8) is 0 Å². The van der Waals surface area contributed by atoms with Crippen LogP contribution in [0.3, 0.4) is 0 Å². The first-order valence-corrected chi connectivity index (χ1v) is 13.4. The largest absolute Gasteiger partial charge is 0.443 e. The van der Waals surface area contributed by atoms with E-state index in [0.717, 1.165) is 0 Å². The number of fused-ring (bicyclic) bond motifs is 1. The molecular formula is C23H24N8O8S. The minimum Gasteiger partial charge on any atom is -0.443 e. The van der Waals surface area contributed by atoms with Crippen molar-refractivity contribution in [2.75, 3.05) is 12.3 Å². The van der Waals surface area contributed by atoms with Gasteiger partial charge in [0.05, 0.1) is 12.5 Å². The number of Topliss-reactive ketones (excluding diaryl/α,β-unsaturated/α-hetero) is 1. The van der Waals surface area contributed by atoms with Gasteiger partial charge in [-0.1, -0.05) is 24.3 Å². The SMILES string of the molecule is Nc1ncnc2c1ncn2C1O[C@H](CNS(=O)(=O)NC(=O)CCC(=O)c2ccccc2-c2cnco2)[C@@H](O)[C@H]1O. The third kappa shape index (κ3) is 5.54. The molecule has 0 spiro atoms. The van der Waals surface area contributed by atoms with Crippen LogP contribution in [-0.4, -0.2) is 79.7 Å². The fourth-order valence-electron chi connectivity index (χ4n) is 4.26. The molecular weight excluding hydrogens is 548 g/mol. The summed E-state index contributed by atoms with van der Waals surface area (Å²) in [6, 6.07) is 6.61. The van der Waals surface area contributed by atoms with Crippen LogP contribution >= 0.6 is 0 Å². The molecule has 210 valence electrons. The first-order valence-electron chi connectivity index (χ1n) is 11.9. The predicted molar refractivity (Wildman–Crippen MR) is 136 cm³/mol. The van der Waals surface area contributed by atoms with Crippen molar-refractivity contribution in [1.29, 1.82) is 0 Å². The number of ketones is 1. The number of nitrogens with zero attached hydrogens (tertiary/aromatic N) is 5. The standard InChI is InChI=1S/C23H24N8O8S/c24-21-18-22(27-9-26-21)31(10-28-18)23-20(35)19(34)16(39-23)8-29-40(36,37)30-17(33)6-5-14(32)12-3-1-2-4-13(12)15-7-25-11-38-15/h1-4,7,9-11,16,19-20,23,29,34-35H,5-6,8H2,(H,30,33)(H2,24,26,27)/t16-,19-,20-,23?/m1/s1.